The van der Waals surface area contributed by atoms with E-state index < -0.39 is 0 Å². The number of benzene rings is 2. The van der Waals surface area contributed by atoms with Gasteiger partial charge in [0.2, 0.25) is 0 Å². The molecule has 0 bridgehead atoms. The highest BCUT2D eigenvalue weighted by Gasteiger charge is 2.21. The van der Waals surface area contributed by atoms with Crippen molar-refractivity contribution >= 4 is 23.3 Å². The number of nitrogens with zero attached hydrogens (tertiary/aromatic N) is 2. The first kappa shape index (κ1) is 19.8. The fraction of sp³-hybridized carbons (Fsp3) is 0.318. The number of ketones is 1. The summed E-state index contributed by atoms with van der Waals surface area (Å²) < 4.78 is 0. The van der Waals surface area contributed by atoms with Gasteiger partial charge in [0.15, 0.2) is 5.78 Å². The Hall–Kier alpha value is -2.99. The highest BCUT2D eigenvalue weighted by molar-refractivity contribution is 6.05. The minimum absolute atomic E-state index is 0.00235. The number of piperazine rings is 1. The van der Waals surface area contributed by atoms with E-state index in [-0.39, 0.29) is 17.6 Å². The number of carbonyl (C=O) groups is 3. The molecule has 6 nitrogen and oxygen atoms in total. The van der Waals surface area contributed by atoms with Crippen molar-refractivity contribution in [3.63, 3.8) is 0 Å². The molecule has 2 amide bonds. The molecule has 1 aliphatic rings. The summed E-state index contributed by atoms with van der Waals surface area (Å²) >= 11 is 0. The molecule has 0 saturated carbocycles. The zero-order valence-corrected chi connectivity index (χ0v) is 16.3. The minimum Gasteiger partial charge on any atom is -0.336 e. The van der Waals surface area contributed by atoms with Crippen LogP contribution in [0, 0.1) is 0 Å². The average molecular weight is 379 g/mol. The van der Waals surface area contributed by atoms with Crippen molar-refractivity contribution < 1.29 is 14.4 Å². The number of anilines is 1. The molecule has 1 N–H and O–H groups in total. The lowest BCUT2D eigenvalue weighted by Crippen LogP contribution is -2.48. The van der Waals surface area contributed by atoms with Crippen molar-refractivity contribution in [3.05, 3.63) is 65.2 Å². The molecule has 3 rings (SSSR count). The highest BCUT2D eigenvalue weighted by atomic mass is 16.2. The molecule has 0 radical (unpaired) electrons. The van der Waals surface area contributed by atoms with E-state index in [9.17, 15) is 14.4 Å². The van der Waals surface area contributed by atoms with E-state index in [2.05, 4.69) is 17.1 Å². The van der Waals surface area contributed by atoms with E-state index in [4.69, 9.17) is 0 Å². The Kier molecular flexibility index (Phi) is 6.21. The van der Waals surface area contributed by atoms with Crippen LogP contribution in [-0.4, -0.2) is 60.1 Å². The molecule has 0 atom stereocenters. The molecule has 146 valence electrons. The maximum Gasteiger partial charge on any atom is 0.255 e. The van der Waals surface area contributed by atoms with E-state index in [0.717, 1.165) is 32.7 Å². The quantitative estimate of drug-likeness (QED) is 0.811. The van der Waals surface area contributed by atoms with Gasteiger partial charge in [0.1, 0.15) is 0 Å². The summed E-state index contributed by atoms with van der Waals surface area (Å²) in [6, 6.07) is 13.5. The molecule has 2 aromatic rings. The minimum atomic E-state index is -0.258. The molecule has 1 aliphatic heterocycles. The first-order valence-electron chi connectivity index (χ1n) is 9.52. The van der Waals surface area contributed by atoms with Crippen molar-refractivity contribution in [1.82, 2.24) is 9.80 Å². The van der Waals surface area contributed by atoms with Gasteiger partial charge in [-0.25, -0.2) is 0 Å². The number of amides is 2. The molecule has 6 heteroatoms. The van der Waals surface area contributed by atoms with Gasteiger partial charge in [-0.2, -0.15) is 0 Å². The van der Waals surface area contributed by atoms with Crippen LogP contribution in [0.3, 0.4) is 0 Å². The van der Waals surface area contributed by atoms with E-state index in [0.29, 0.717) is 22.4 Å². The first-order chi connectivity index (χ1) is 13.5. The number of nitrogens with one attached hydrogen (secondary N) is 1. The molecule has 1 saturated heterocycles. The molecule has 0 unspecified atom stereocenters. The van der Waals surface area contributed by atoms with Gasteiger partial charge in [-0.1, -0.05) is 6.92 Å². The molecule has 0 spiro atoms. The zero-order chi connectivity index (χ0) is 20.1. The van der Waals surface area contributed by atoms with Gasteiger partial charge >= 0.3 is 0 Å². The number of Topliss-reactive ketones (excluding diaryl/α,β-unsaturated/α-hetero) is 1. The van der Waals surface area contributed by atoms with Crippen molar-refractivity contribution in [3.8, 4) is 0 Å². The summed E-state index contributed by atoms with van der Waals surface area (Å²) in [5.41, 5.74) is 2.28. The third-order valence-electron chi connectivity index (χ3n) is 5.05. The zero-order valence-electron chi connectivity index (χ0n) is 16.3. The topological polar surface area (TPSA) is 69.7 Å². The average Bonchev–Trinajstić information content (AvgIpc) is 2.73. The SMILES string of the molecule is CCN1CCN(C(=O)c2ccc(C(=O)Nc3ccc(C(C)=O)cc3)cc2)CC1. The van der Waals surface area contributed by atoms with Gasteiger partial charge in [0, 0.05) is 48.6 Å². The van der Waals surface area contributed by atoms with Crippen LogP contribution in [0.4, 0.5) is 5.69 Å². The Labute approximate surface area is 165 Å². The summed E-state index contributed by atoms with van der Waals surface area (Å²) in [5, 5.41) is 2.80. The molecule has 28 heavy (non-hydrogen) atoms. The summed E-state index contributed by atoms with van der Waals surface area (Å²) in [6.07, 6.45) is 0. The van der Waals surface area contributed by atoms with Crippen molar-refractivity contribution in [2.45, 2.75) is 13.8 Å². The molecule has 0 aromatic heterocycles. The molecule has 1 fully saturated rings. The van der Waals surface area contributed by atoms with Crippen LogP contribution in [0.25, 0.3) is 0 Å². The normalized spacial score (nSPS) is 14.6. The largest absolute Gasteiger partial charge is 0.336 e. The van der Waals surface area contributed by atoms with Crippen LogP contribution in [0.5, 0.6) is 0 Å². The Balaban J connectivity index is 1.61. The van der Waals surface area contributed by atoms with E-state index in [1.54, 1.807) is 48.5 Å². The van der Waals surface area contributed by atoms with Crippen LogP contribution in [-0.2, 0) is 0 Å². The fourth-order valence-corrected chi connectivity index (χ4v) is 3.21. The first-order valence-corrected chi connectivity index (χ1v) is 9.52. The van der Waals surface area contributed by atoms with Crippen LogP contribution in [0.15, 0.2) is 48.5 Å². The molecular formula is C22H25N3O3. The maximum absolute atomic E-state index is 12.6. The van der Waals surface area contributed by atoms with Crippen molar-refractivity contribution in [2.75, 3.05) is 38.0 Å². The van der Waals surface area contributed by atoms with Gasteiger partial charge < -0.3 is 15.1 Å². The molecule has 1 heterocycles. The van der Waals surface area contributed by atoms with Crippen LogP contribution < -0.4 is 5.32 Å². The molecular weight excluding hydrogens is 354 g/mol. The van der Waals surface area contributed by atoms with Crippen LogP contribution in [0.1, 0.15) is 44.9 Å². The predicted molar refractivity (Wildman–Crippen MR) is 109 cm³/mol. The third-order valence-corrected chi connectivity index (χ3v) is 5.05. The second kappa shape index (κ2) is 8.80. The summed E-state index contributed by atoms with van der Waals surface area (Å²) in [4.78, 5) is 40.5. The van der Waals surface area contributed by atoms with Crippen LogP contribution in [0.2, 0.25) is 0 Å². The van der Waals surface area contributed by atoms with Gasteiger partial charge in [0.25, 0.3) is 11.8 Å². The highest BCUT2D eigenvalue weighted by Crippen LogP contribution is 2.14. The number of carbonyl (C=O) groups excluding carboxylic acids is 3. The van der Waals surface area contributed by atoms with Crippen LogP contribution >= 0.6 is 0 Å². The Morgan fingerprint density at radius 1 is 0.821 bits per heavy atom. The second-order valence-electron chi connectivity index (χ2n) is 6.89. The standard InChI is InChI=1S/C22H25N3O3/c1-3-24-12-14-25(15-13-24)22(28)19-6-4-18(5-7-19)21(27)23-20-10-8-17(9-11-20)16(2)26/h4-11H,3,12-15H2,1-2H3,(H,23,27). The Morgan fingerprint density at radius 2 is 1.36 bits per heavy atom. The fourth-order valence-electron chi connectivity index (χ4n) is 3.21. The smallest absolute Gasteiger partial charge is 0.255 e. The molecule has 2 aromatic carbocycles. The summed E-state index contributed by atoms with van der Waals surface area (Å²) in [7, 11) is 0. The number of rotatable bonds is 5. The van der Waals surface area contributed by atoms with Gasteiger partial charge in [-0.15, -0.1) is 0 Å². The lowest BCUT2D eigenvalue weighted by molar-refractivity contribution is 0.0643. The molecule has 0 aliphatic carbocycles. The van der Waals surface area contributed by atoms with Gasteiger partial charge in [-0.05, 0) is 62.0 Å². The van der Waals surface area contributed by atoms with Crippen molar-refractivity contribution in [2.24, 2.45) is 0 Å². The predicted octanol–water partition coefficient (Wildman–Crippen LogP) is 2.92. The second-order valence-corrected chi connectivity index (χ2v) is 6.89. The Bertz CT molecular complexity index is 852. The summed E-state index contributed by atoms with van der Waals surface area (Å²) in [6.45, 7) is 7.87. The van der Waals surface area contributed by atoms with Gasteiger partial charge in [0.05, 0.1) is 0 Å². The van der Waals surface area contributed by atoms with E-state index >= 15 is 0 Å². The van der Waals surface area contributed by atoms with E-state index in [1.165, 1.54) is 6.92 Å². The third kappa shape index (κ3) is 4.64. The monoisotopic (exact) mass is 379 g/mol. The van der Waals surface area contributed by atoms with Gasteiger partial charge in [-0.3, -0.25) is 14.4 Å². The number of hydrogen-bond acceptors (Lipinski definition) is 4. The number of likely N-dealkylation sites (N-methyl/N-ethyl adjacent to an activating group) is 1. The lowest BCUT2D eigenvalue weighted by atomic mass is 10.1. The Morgan fingerprint density at radius 3 is 1.89 bits per heavy atom. The lowest BCUT2D eigenvalue weighted by Gasteiger charge is -2.34. The number of hydrogen-bond donors (Lipinski definition) is 1. The van der Waals surface area contributed by atoms with Crippen molar-refractivity contribution in [1.29, 1.82) is 0 Å². The van der Waals surface area contributed by atoms with E-state index in [1.807, 2.05) is 4.90 Å². The summed E-state index contributed by atoms with van der Waals surface area (Å²) in [5.74, 6) is -0.275. The maximum atomic E-state index is 12.6.